The van der Waals surface area contributed by atoms with Crippen LogP contribution in [-0.2, 0) is 9.47 Å². The molecule has 0 radical (unpaired) electrons. The average molecular weight is 264 g/mol. The Kier molecular flexibility index (Phi) is 5.18. The molecule has 1 N–H and O–H groups in total. The summed E-state index contributed by atoms with van der Waals surface area (Å²) in [6.07, 6.45) is -0.391. The van der Waals surface area contributed by atoms with Gasteiger partial charge in [0.1, 0.15) is 12.8 Å². The van der Waals surface area contributed by atoms with Crippen LogP contribution in [0.25, 0.3) is 0 Å². The molecule has 1 amide bonds. The summed E-state index contributed by atoms with van der Waals surface area (Å²) in [6, 6.07) is 10.1. The van der Waals surface area contributed by atoms with Gasteiger partial charge in [0.2, 0.25) is 0 Å². The number of nitrogens with one attached hydrogen (secondary N) is 1. The lowest BCUT2D eigenvalue weighted by atomic mass is 10.2. The Morgan fingerprint density at radius 1 is 1.47 bits per heavy atom. The molecule has 1 fully saturated rings. The van der Waals surface area contributed by atoms with E-state index in [0.29, 0.717) is 26.3 Å². The molecule has 0 aromatic heterocycles. The second-order valence-corrected chi connectivity index (χ2v) is 4.34. The minimum absolute atomic E-state index is 0.0287. The second-order valence-electron chi connectivity index (χ2n) is 4.34. The number of carbonyl (C=O) groups is 1. The van der Waals surface area contributed by atoms with Crippen molar-refractivity contribution < 1.29 is 14.3 Å². The Hall–Kier alpha value is -1.59. The molecule has 19 heavy (non-hydrogen) atoms. The van der Waals surface area contributed by atoms with Crippen molar-refractivity contribution in [3.8, 4) is 0 Å². The zero-order chi connectivity index (χ0) is 13.5. The Morgan fingerprint density at radius 2 is 2.26 bits per heavy atom. The van der Waals surface area contributed by atoms with E-state index in [-0.39, 0.29) is 12.3 Å². The first-order valence-corrected chi connectivity index (χ1v) is 6.62. The molecule has 1 atom stereocenters. The maximum absolute atomic E-state index is 11.2. The third-order valence-corrected chi connectivity index (χ3v) is 3.00. The van der Waals surface area contributed by atoms with E-state index in [2.05, 4.69) is 10.2 Å². The summed E-state index contributed by atoms with van der Waals surface area (Å²) in [5.41, 5.74) is 1.14. The molecule has 1 saturated heterocycles. The van der Waals surface area contributed by atoms with Crippen LogP contribution in [0.2, 0.25) is 0 Å². The molecule has 1 heterocycles. The third kappa shape index (κ3) is 3.94. The van der Waals surface area contributed by atoms with E-state index in [1.807, 2.05) is 37.3 Å². The molecule has 2 rings (SSSR count). The molecule has 0 spiro atoms. The van der Waals surface area contributed by atoms with Crippen LogP contribution in [0.5, 0.6) is 0 Å². The lowest BCUT2D eigenvalue weighted by Gasteiger charge is -2.22. The second kappa shape index (κ2) is 7.11. The van der Waals surface area contributed by atoms with Gasteiger partial charge in [-0.3, -0.25) is 4.90 Å². The number of rotatable bonds is 5. The molecule has 0 aliphatic carbocycles. The van der Waals surface area contributed by atoms with Gasteiger partial charge in [-0.15, -0.1) is 0 Å². The average Bonchev–Trinajstić information content (AvgIpc) is 2.88. The highest BCUT2D eigenvalue weighted by Gasteiger charge is 2.26. The van der Waals surface area contributed by atoms with Gasteiger partial charge in [0.25, 0.3) is 0 Å². The Bertz CT molecular complexity index is 397. The molecule has 5 nitrogen and oxygen atoms in total. The van der Waals surface area contributed by atoms with Crippen molar-refractivity contribution in [3.63, 3.8) is 0 Å². The van der Waals surface area contributed by atoms with Gasteiger partial charge in [0.05, 0.1) is 6.61 Å². The molecule has 0 bridgehead atoms. The van der Waals surface area contributed by atoms with E-state index in [1.165, 1.54) is 0 Å². The van der Waals surface area contributed by atoms with Crippen LogP contribution < -0.4 is 5.32 Å². The summed E-state index contributed by atoms with van der Waals surface area (Å²) in [5, 5.41) is 2.60. The first kappa shape index (κ1) is 13.8. The largest absolute Gasteiger partial charge is 0.448 e. The lowest BCUT2D eigenvalue weighted by Crippen LogP contribution is -2.31. The SMILES string of the molecule is CCNC(=O)OCCN1CCOC1c1ccccc1. The number of hydrogen-bond acceptors (Lipinski definition) is 4. The number of amides is 1. The van der Waals surface area contributed by atoms with E-state index in [1.54, 1.807) is 0 Å². The number of carbonyl (C=O) groups excluding carboxylic acids is 1. The van der Waals surface area contributed by atoms with Crippen LogP contribution in [0, 0.1) is 0 Å². The predicted molar refractivity (Wildman–Crippen MR) is 71.7 cm³/mol. The first-order valence-electron chi connectivity index (χ1n) is 6.62. The summed E-state index contributed by atoms with van der Waals surface area (Å²) in [7, 11) is 0. The van der Waals surface area contributed by atoms with Gasteiger partial charge in [-0.1, -0.05) is 30.3 Å². The third-order valence-electron chi connectivity index (χ3n) is 3.00. The maximum atomic E-state index is 11.2. The zero-order valence-electron chi connectivity index (χ0n) is 11.2. The summed E-state index contributed by atoms with van der Waals surface area (Å²) in [4.78, 5) is 13.4. The fraction of sp³-hybridized carbons (Fsp3) is 0.500. The van der Waals surface area contributed by atoms with E-state index in [9.17, 15) is 4.79 Å². The van der Waals surface area contributed by atoms with E-state index in [0.717, 1.165) is 12.1 Å². The standard InChI is InChI=1S/C14H20N2O3/c1-2-15-14(17)19-11-9-16-8-10-18-13(16)12-6-4-3-5-7-12/h3-7,13H,2,8-11H2,1H3,(H,15,17). The van der Waals surface area contributed by atoms with Crippen molar-refractivity contribution in [1.29, 1.82) is 0 Å². The molecule has 0 saturated carbocycles. The van der Waals surface area contributed by atoms with Gasteiger partial charge >= 0.3 is 6.09 Å². The molecule has 5 heteroatoms. The minimum Gasteiger partial charge on any atom is -0.448 e. The Labute approximate surface area is 113 Å². The Balaban J connectivity index is 1.81. The molecular formula is C14H20N2O3. The fourth-order valence-corrected chi connectivity index (χ4v) is 2.11. The van der Waals surface area contributed by atoms with Crippen molar-refractivity contribution in [2.45, 2.75) is 13.2 Å². The Morgan fingerprint density at radius 3 is 3.00 bits per heavy atom. The fourth-order valence-electron chi connectivity index (χ4n) is 2.11. The maximum Gasteiger partial charge on any atom is 0.407 e. The molecule has 1 aromatic rings. The monoisotopic (exact) mass is 264 g/mol. The van der Waals surface area contributed by atoms with Crippen LogP contribution >= 0.6 is 0 Å². The molecular weight excluding hydrogens is 244 g/mol. The van der Waals surface area contributed by atoms with E-state index >= 15 is 0 Å². The van der Waals surface area contributed by atoms with Crippen LogP contribution in [0.15, 0.2) is 30.3 Å². The zero-order valence-corrected chi connectivity index (χ0v) is 11.2. The van der Waals surface area contributed by atoms with Crippen LogP contribution in [0.4, 0.5) is 4.79 Å². The highest BCUT2D eigenvalue weighted by atomic mass is 16.6. The van der Waals surface area contributed by atoms with E-state index in [4.69, 9.17) is 9.47 Å². The normalized spacial score (nSPS) is 19.3. The molecule has 1 unspecified atom stereocenters. The number of nitrogens with zero attached hydrogens (tertiary/aromatic N) is 1. The van der Waals surface area contributed by atoms with Crippen molar-refractivity contribution in [2.24, 2.45) is 0 Å². The highest BCUT2D eigenvalue weighted by Crippen LogP contribution is 2.25. The van der Waals surface area contributed by atoms with Crippen LogP contribution in [0.3, 0.4) is 0 Å². The van der Waals surface area contributed by atoms with Crippen LogP contribution in [-0.4, -0.2) is 43.8 Å². The predicted octanol–water partition coefficient (Wildman–Crippen LogP) is 1.76. The molecule has 104 valence electrons. The first-order chi connectivity index (χ1) is 9.31. The molecule has 1 aromatic carbocycles. The lowest BCUT2D eigenvalue weighted by molar-refractivity contribution is 0.0228. The van der Waals surface area contributed by atoms with Gasteiger partial charge in [-0.25, -0.2) is 4.79 Å². The number of alkyl carbamates (subject to hydrolysis) is 1. The minimum atomic E-state index is -0.362. The van der Waals surface area contributed by atoms with Gasteiger partial charge in [0, 0.05) is 19.6 Å². The summed E-state index contributed by atoms with van der Waals surface area (Å²) < 4.78 is 10.8. The smallest absolute Gasteiger partial charge is 0.407 e. The van der Waals surface area contributed by atoms with Crippen LogP contribution in [0.1, 0.15) is 18.7 Å². The van der Waals surface area contributed by atoms with Crippen molar-refractivity contribution >= 4 is 6.09 Å². The summed E-state index contributed by atoms with van der Waals surface area (Å²) >= 11 is 0. The summed E-state index contributed by atoms with van der Waals surface area (Å²) in [6.45, 7) is 5.06. The molecule has 1 aliphatic rings. The van der Waals surface area contributed by atoms with E-state index < -0.39 is 0 Å². The topological polar surface area (TPSA) is 50.8 Å². The van der Waals surface area contributed by atoms with Gasteiger partial charge in [-0.2, -0.15) is 0 Å². The van der Waals surface area contributed by atoms with Gasteiger partial charge in [-0.05, 0) is 12.5 Å². The number of hydrogen-bond donors (Lipinski definition) is 1. The van der Waals surface area contributed by atoms with Crippen molar-refractivity contribution in [1.82, 2.24) is 10.2 Å². The highest BCUT2D eigenvalue weighted by molar-refractivity contribution is 5.66. The molecule has 1 aliphatic heterocycles. The number of ether oxygens (including phenoxy) is 2. The number of benzene rings is 1. The summed E-state index contributed by atoms with van der Waals surface area (Å²) in [5.74, 6) is 0. The van der Waals surface area contributed by atoms with Crippen molar-refractivity contribution in [2.75, 3.05) is 32.8 Å². The quantitative estimate of drug-likeness (QED) is 0.880. The van der Waals surface area contributed by atoms with Gasteiger partial charge < -0.3 is 14.8 Å². The van der Waals surface area contributed by atoms with Gasteiger partial charge in [0.15, 0.2) is 0 Å². The van der Waals surface area contributed by atoms with Crippen molar-refractivity contribution in [3.05, 3.63) is 35.9 Å².